The molecule has 0 saturated heterocycles. The van der Waals surface area contributed by atoms with Gasteiger partial charge in [0.2, 0.25) is 4.80 Å². The Bertz CT molecular complexity index is 943. The summed E-state index contributed by atoms with van der Waals surface area (Å²) in [7, 11) is 0. The lowest BCUT2D eigenvalue weighted by Crippen LogP contribution is -2.24. The average Bonchev–Trinajstić information content (AvgIpc) is 3.04. The lowest BCUT2D eigenvalue weighted by atomic mass is 10.2. The van der Waals surface area contributed by atoms with E-state index in [1.54, 1.807) is 12.1 Å². The highest BCUT2D eigenvalue weighted by Gasteiger charge is 2.08. The molecule has 6 heteroatoms. The summed E-state index contributed by atoms with van der Waals surface area (Å²) in [5.41, 5.74) is 5.31. The molecule has 0 radical (unpaired) electrons. The van der Waals surface area contributed by atoms with E-state index >= 15 is 0 Å². The van der Waals surface area contributed by atoms with Crippen LogP contribution in [0.2, 0.25) is 0 Å². The second-order valence-electron chi connectivity index (χ2n) is 5.23. The summed E-state index contributed by atoms with van der Waals surface area (Å²) in [6, 6.07) is 17.1. The monoisotopic (exact) mass is 413 g/mol. The fourth-order valence-electron chi connectivity index (χ4n) is 2.33. The largest absolute Gasteiger partial charge is 0.311 e. The van der Waals surface area contributed by atoms with E-state index in [0.29, 0.717) is 16.9 Å². The third-order valence-electron chi connectivity index (χ3n) is 3.54. The molecule has 25 heavy (non-hydrogen) atoms. The number of benzene rings is 2. The number of amides is 1. The molecule has 126 valence electrons. The highest BCUT2D eigenvalue weighted by molar-refractivity contribution is 9.10. The summed E-state index contributed by atoms with van der Waals surface area (Å²) in [5, 5.41) is 6.32. The molecule has 1 aromatic heterocycles. The number of rotatable bonds is 5. The van der Waals surface area contributed by atoms with E-state index in [2.05, 4.69) is 33.0 Å². The number of allylic oxidation sites excluding steroid dienone is 1. The molecule has 3 aromatic rings. The minimum atomic E-state index is -0.232. The van der Waals surface area contributed by atoms with Gasteiger partial charge in [-0.15, -0.1) is 23.0 Å². The number of hydrogen-bond donors (Lipinski definition) is 1. The normalized spacial score (nSPS) is 11.3. The van der Waals surface area contributed by atoms with E-state index in [1.807, 2.05) is 58.5 Å². The molecule has 0 unspecified atom stereocenters. The zero-order valence-electron chi connectivity index (χ0n) is 13.4. The van der Waals surface area contributed by atoms with Gasteiger partial charge in [-0.1, -0.05) is 52.3 Å². The predicted molar refractivity (Wildman–Crippen MR) is 105 cm³/mol. The summed E-state index contributed by atoms with van der Waals surface area (Å²) in [6.45, 7) is 4.42. The molecular weight excluding hydrogens is 398 g/mol. The number of aromatic nitrogens is 1. The van der Waals surface area contributed by atoms with Gasteiger partial charge in [0, 0.05) is 22.0 Å². The van der Waals surface area contributed by atoms with Crippen LogP contribution >= 0.6 is 27.3 Å². The van der Waals surface area contributed by atoms with Crippen LogP contribution in [0.4, 0.5) is 0 Å². The van der Waals surface area contributed by atoms with Crippen molar-refractivity contribution in [2.75, 3.05) is 0 Å². The number of thiazole rings is 1. The first-order valence-corrected chi connectivity index (χ1v) is 9.30. The van der Waals surface area contributed by atoms with Gasteiger partial charge in [0.05, 0.1) is 5.69 Å². The molecule has 0 aliphatic rings. The van der Waals surface area contributed by atoms with Crippen molar-refractivity contribution < 1.29 is 4.79 Å². The molecule has 0 fully saturated rings. The van der Waals surface area contributed by atoms with Crippen LogP contribution in [0.5, 0.6) is 0 Å². The van der Waals surface area contributed by atoms with Crippen molar-refractivity contribution in [3.63, 3.8) is 0 Å². The third kappa shape index (κ3) is 4.15. The topological polar surface area (TPSA) is 46.4 Å². The summed E-state index contributed by atoms with van der Waals surface area (Å²) < 4.78 is 3.05. The Morgan fingerprint density at radius 3 is 2.60 bits per heavy atom. The van der Waals surface area contributed by atoms with Crippen molar-refractivity contribution in [1.82, 2.24) is 9.99 Å². The number of nitrogens with zero attached hydrogens (tertiary/aromatic N) is 2. The number of hydrogen-bond acceptors (Lipinski definition) is 3. The highest BCUT2D eigenvalue weighted by Crippen LogP contribution is 2.22. The van der Waals surface area contributed by atoms with Crippen molar-refractivity contribution in [3.8, 4) is 11.3 Å². The summed E-state index contributed by atoms with van der Waals surface area (Å²) >= 11 is 4.92. The second kappa shape index (κ2) is 8.09. The Balaban J connectivity index is 1.92. The van der Waals surface area contributed by atoms with Gasteiger partial charge in [-0.2, -0.15) is 0 Å². The first kappa shape index (κ1) is 17.4. The van der Waals surface area contributed by atoms with Crippen LogP contribution in [0.3, 0.4) is 0 Å². The molecule has 0 spiro atoms. The van der Waals surface area contributed by atoms with Gasteiger partial charge in [-0.05, 0) is 29.8 Å². The number of carbonyl (C=O) groups excluding carboxylic acids is 1. The number of nitrogens with one attached hydrogen (secondary N) is 1. The first-order valence-electron chi connectivity index (χ1n) is 7.63. The van der Waals surface area contributed by atoms with Crippen molar-refractivity contribution in [2.45, 2.75) is 6.54 Å². The molecule has 2 aromatic carbocycles. The molecule has 1 heterocycles. The maximum Gasteiger partial charge on any atom is 0.271 e. The Morgan fingerprint density at radius 2 is 1.92 bits per heavy atom. The van der Waals surface area contributed by atoms with Gasteiger partial charge < -0.3 is 4.57 Å². The van der Waals surface area contributed by atoms with Crippen LogP contribution in [0.25, 0.3) is 11.3 Å². The number of halogens is 1. The molecule has 1 N–H and O–H groups in total. The standard InChI is InChI=1S/C19H16BrN3OS/c1-2-12-23-17(14-8-10-16(20)11-9-14)13-25-19(23)22-21-18(24)15-6-4-3-5-7-15/h2-11,13H,1,12H2,(H,21,24)/b22-19+. The van der Waals surface area contributed by atoms with Crippen LogP contribution in [0.1, 0.15) is 10.4 Å². The molecule has 0 aliphatic carbocycles. The fourth-order valence-corrected chi connectivity index (χ4v) is 3.47. The lowest BCUT2D eigenvalue weighted by molar-refractivity contribution is 0.0953. The number of carbonyl (C=O) groups is 1. The van der Waals surface area contributed by atoms with E-state index in [9.17, 15) is 4.79 Å². The van der Waals surface area contributed by atoms with Crippen LogP contribution in [0.15, 0.2) is 82.2 Å². The zero-order valence-corrected chi connectivity index (χ0v) is 15.8. The molecular formula is C19H16BrN3OS. The molecule has 0 saturated carbocycles. The van der Waals surface area contributed by atoms with Crippen LogP contribution in [0, 0.1) is 0 Å². The highest BCUT2D eigenvalue weighted by atomic mass is 79.9. The Kier molecular flexibility index (Phi) is 5.63. The smallest absolute Gasteiger partial charge is 0.271 e. The Morgan fingerprint density at radius 1 is 1.20 bits per heavy atom. The first-order chi connectivity index (χ1) is 12.2. The van der Waals surface area contributed by atoms with Gasteiger partial charge in [0.1, 0.15) is 0 Å². The van der Waals surface area contributed by atoms with Gasteiger partial charge in [0.25, 0.3) is 5.91 Å². The van der Waals surface area contributed by atoms with Crippen molar-refractivity contribution in [1.29, 1.82) is 0 Å². The van der Waals surface area contributed by atoms with Crippen LogP contribution < -0.4 is 10.2 Å². The molecule has 0 aliphatic heterocycles. The average molecular weight is 414 g/mol. The summed E-state index contributed by atoms with van der Waals surface area (Å²) in [4.78, 5) is 12.9. The summed E-state index contributed by atoms with van der Waals surface area (Å²) in [5.74, 6) is -0.232. The zero-order chi connectivity index (χ0) is 17.6. The minimum Gasteiger partial charge on any atom is -0.311 e. The van der Waals surface area contributed by atoms with Gasteiger partial charge in [0.15, 0.2) is 0 Å². The van der Waals surface area contributed by atoms with Gasteiger partial charge >= 0.3 is 0 Å². The van der Waals surface area contributed by atoms with E-state index in [4.69, 9.17) is 0 Å². The van der Waals surface area contributed by atoms with Crippen LogP contribution in [-0.2, 0) is 6.54 Å². The Labute approximate surface area is 158 Å². The van der Waals surface area contributed by atoms with E-state index in [0.717, 1.165) is 15.7 Å². The summed E-state index contributed by atoms with van der Waals surface area (Å²) in [6.07, 6.45) is 1.81. The van der Waals surface area contributed by atoms with Gasteiger partial charge in [-0.3, -0.25) is 4.79 Å². The fraction of sp³-hybridized carbons (Fsp3) is 0.0526. The molecule has 3 rings (SSSR count). The minimum absolute atomic E-state index is 0.232. The van der Waals surface area contributed by atoms with E-state index in [1.165, 1.54) is 11.3 Å². The van der Waals surface area contributed by atoms with Crippen LogP contribution in [-0.4, -0.2) is 10.5 Å². The van der Waals surface area contributed by atoms with E-state index < -0.39 is 0 Å². The maximum absolute atomic E-state index is 12.2. The van der Waals surface area contributed by atoms with E-state index in [-0.39, 0.29) is 5.91 Å². The quantitative estimate of drug-likeness (QED) is 0.488. The van der Waals surface area contributed by atoms with Crippen molar-refractivity contribution in [3.05, 3.63) is 87.5 Å². The molecule has 1 amide bonds. The lowest BCUT2D eigenvalue weighted by Gasteiger charge is -2.07. The maximum atomic E-state index is 12.2. The third-order valence-corrected chi connectivity index (χ3v) is 4.93. The van der Waals surface area contributed by atoms with Gasteiger partial charge in [-0.25, -0.2) is 5.43 Å². The molecule has 0 atom stereocenters. The second-order valence-corrected chi connectivity index (χ2v) is 6.98. The molecule has 4 nitrogen and oxygen atoms in total. The Hall–Kier alpha value is -2.44. The predicted octanol–water partition coefficient (Wildman–Crippen LogP) is 4.41. The SMILES string of the molecule is C=CCn1c(-c2ccc(Br)cc2)cs/c1=N/NC(=O)c1ccccc1. The van der Waals surface area contributed by atoms with Crippen molar-refractivity contribution in [2.24, 2.45) is 5.10 Å². The molecule has 0 bridgehead atoms. The van der Waals surface area contributed by atoms with Crippen molar-refractivity contribution >= 4 is 33.2 Å².